The Labute approximate surface area is 224 Å². The summed E-state index contributed by atoms with van der Waals surface area (Å²) >= 11 is 0. The summed E-state index contributed by atoms with van der Waals surface area (Å²) in [5.41, 5.74) is 2.24. The number of ether oxygens (including phenoxy) is 2. The van der Waals surface area contributed by atoms with Gasteiger partial charge in [-0.3, -0.25) is 4.79 Å². The molecule has 1 heterocycles. The van der Waals surface area contributed by atoms with Gasteiger partial charge in [0.25, 0.3) is 0 Å². The largest absolute Gasteiger partial charge is 0.410 e. The van der Waals surface area contributed by atoms with Crippen LogP contribution in [0.2, 0.25) is 18.1 Å². The Balaban J connectivity index is 2.19. The molecule has 0 bridgehead atoms. The van der Waals surface area contributed by atoms with Gasteiger partial charge in [0.05, 0.1) is 12.7 Å². The SMILES string of the molecule is C=C(C)C(=O)CC1=C(C)[C@H](O[Si](C)(C)C(C)(C)C)C[C@]2(O[C@@H](c3ccccc3)O[C@H]2/C=C/CO)C1(C)C. The molecule has 6 heteroatoms. The van der Waals surface area contributed by atoms with Crippen LogP contribution in [0.4, 0.5) is 0 Å². The maximum Gasteiger partial charge on any atom is 0.192 e. The van der Waals surface area contributed by atoms with Crippen molar-refractivity contribution in [3.63, 3.8) is 0 Å². The molecule has 1 saturated heterocycles. The summed E-state index contributed by atoms with van der Waals surface area (Å²) < 4.78 is 20.6. The van der Waals surface area contributed by atoms with Gasteiger partial charge in [-0.15, -0.1) is 0 Å². The predicted molar refractivity (Wildman–Crippen MR) is 152 cm³/mol. The maximum absolute atomic E-state index is 13.1. The Hall–Kier alpha value is -1.83. The molecule has 1 aliphatic heterocycles. The molecule has 0 saturated carbocycles. The number of Topliss-reactive ketones (excluding diaryl/α,β-unsaturated/α-hetero) is 1. The lowest BCUT2D eigenvalue weighted by Crippen LogP contribution is -2.59. The van der Waals surface area contributed by atoms with Gasteiger partial charge in [-0.2, -0.15) is 0 Å². The Morgan fingerprint density at radius 1 is 1.24 bits per heavy atom. The first-order valence-electron chi connectivity index (χ1n) is 13.3. The quantitative estimate of drug-likeness (QED) is 0.223. The number of aliphatic hydroxyl groups is 1. The van der Waals surface area contributed by atoms with Crippen molar-refractivity contribution >= 4 is 14.1 Å². The van der Waals surface area contributed by atoms with E-state index in [-0.39, 0.29) is 30.0 Å². The highest BCUT2D eigenvalue weighted by Crippen LogP contribution is 2.59. The molecule has 1 fully saturated rings. The number of carbonyl (C=O) groups excluding carboxylic acids is 1. The van der Waals surface area contributed by atoms with Crippen molar-refractivity contribution in [3.8, 4) is 0 Å². The summed E-state index contributed by atoms with van der Waals surface area (Å²) in [7, 11) is -2.16. The molecule has 1 aromatic rings. The molecule has 3 rings (SSSR count). The summed E-state index contributed by atoms with van der Waals surface area (Å²) in [6.45, 7) is 23.2. The van der Waals surface area contributed by atoms with Gasteiger partial charge in [-0.1, -0.05) is 89.3 Å². The number of ketones is 1. The molecule has 0 unspecified atom stereocenters. The Bertz CT molecular complexity index is 1060. The first-order valence-corrected chi connectivity index (χ1v) is 16.2. The average molecular weight is 527 g/mol. The standard InChI is InChI=1S/C31H46O5Si/c1-21(2)25(33)19-24-22(3)26(36-37(9,10)29(4,5)6)20-31(30(24,7)8)27(17-14-18-32)34-28(35-31)23-15-12-11-13-16-23/h11-17,26-28,32H,1,18-20H2,2-10H3/b17-14+/t26-,27+,28+,31-/m1/s1. The van der Waals surface area contributed by atoms with Crippen molar-refractivity contribution in [2.75, 3.05) is 6.61 Å². The summed E-state index contributed by atoms with van der Waals surface area (Å²) in [5.74, 6) is 0.0199. The van der Waals surface area contributed by atoms with Crippen LogP contribution in [-0.2, 0) is 18.7 Å². The molecule has 37 heavy (non-hydrogen) atoms. The van der Waals surface area contributed by atoms with E-state index in [4.69, 9.17) is 13.9 Å². The first kappa shape index (κ1) is 29.7. The minimum Gasteiger partial charge on any atom is -0.410 e. The number of benzene rings is 1. The predicted octanol–water partition coefficient (Wildman–Crippen LogP) is 7.06. The number of allylic oxidation sites excluding steroid dienone is 1. The van der Waals surface area contributed by atoms with E-state index < -0.39 is 31.7 Å². The second kappa shape index (κ2) is 10.7. The molecular formula is C31H46O5Si. The van der Waals surface area contributed by atoms with Gasteiger partial charge in [-0.05, 0) is 43.1 Å². The zero-order valence-electron chi connectivity index (χ0n) is 24.2. The van der Waals surface area contributed by atoms with Crippen molar-refractivity contribution in [2.24, 2.45) is 5.41 Å². The van der Waals surface area contributed by atoms with Crippen molar-refractivity contribution in [1.29, 1.82) is 0 Å². The second-order valence-electron chi connectivity index (χ2n) is 12.7. The molecule has 1 N–H and O–H groups in total. The molecular weight excluding hydrogens is 480 g/mol. The fourth-order valence-corrected chi connectivity index (χ4v) is 6.62. The van der Waals surface area contributed by atoms with E-state index in [1.807, 2.05) is 36.4 Å². The summed E-state index contributed by atoms with van der Waals surface area (Å²) in [4.78, 5) is 13.1. The van der Waals surface area contributed by atoms with Crippen molar-refractivity contribution < 1.29 is 23.8 Å². The van der Waals surface area contributed by atoms with Crippen LogP contribution in [0.3, 0.4) is 0 Å². The van der Waals surface area contributed by atoms with Gasteiger partial charge in [0.2, 0.25) is 0 Å². The molecule has 0 radical (unpaired) electrons. The number of carbonyl (C=O) groups is 1. The normalized spacial score (nSPS) is 28.3. The van der Waals surface area contributed by atoms with Crippen LogP contribution >= 0.6 is 0 Å². The third-order valence-electron chi connectivity index (χ3n) is 8.85. The van der Waals surface area contributed by atoms with Gasteiger partial charge in [0.15, 0.2) is 20.4 Å². The van der Waals surface area contributed by atoms with Gasteiger partial charge in [0.1, 0.15) is 11.7 Å². The lowest BCUT2D eigenvalue weighted by molar-refractivity contribution is -0.144. The number of rotatable bonds is 8. The minimum absolute atomic E-state index is 0.0199. The van der Waals surface area contributed by atoms with Crippen LogP contribution in [0.25, 0.3) is 0 Å². The zero-order valence-corrected chi connectivity index (χ0v) is 25.2. The van der Waals surface area contributed by atoms with Crippen LogP contribution in [0.1, 0.15) is 73.2 Å². The lowest BCUT2D eigenvalue weighted by atomic mass is 9.58. The third kappa shape index (κ3) is 5.64. The lowest BCUT2D eigenvalue weighted by Gasteiger charge is -2.54. The van der Waals surface area contributed by atoms with Gasteiger partial charge < -0.3 is 19.0 Å². The topological polar surface area (TPSA) is 65.0 Å². The van der Waals surface area contributed by atoms with Gasteiger partial charge >= 0.3 is 0 Å². The number of hydrogen-bond acceptors (Lipinski definition) is 5. The van der Waals surface area contributed by atoms with Gasteiger partial charge in [-0.25, -0.2) is 0 Å². The van der Waals surface area contributed by atoms with Crippen LogP contribution < -0.4 is 0 Å². The second-order valence-corrected chi connectivity index (χ2v) is 17.4. The monoisotopic (exact) mass is 526 g/mol. The highest BCUT2D eigenvalue weighted by atomic mass is 28.4. The summed E-state index contributed by atoms with van der Waals surface area (Å²) in [5, 5.41) is 9.65. The third-order valence-corrected chi connectivity index (χ3v) is 13.3. The number of hydrogen-bond donors (Lipinski definition) is 1. The molecule has 5 nitrogen and oxygen atoms in total. The molecule has 2 aliphatic rings. The maximum atomic E-state index is 13.1. The molecule has 204 valence electrons. The highest BCUT2D eigenvalue weighted by Gasteiger charge is 2.63. The fourth-order valence-electron chi connectivity index (χ4n) is 5.30. The molecule has 0 aromatic heterocycles. The molecule has 0 amide bonds. The zero-order chi connectivity index (χ0) is 27.8. The van der Waals surface area contributed by atoms with Crippen molar-refractivity contribution in [3.05, 3.63) is 71.3 Å². The fraction of sp³-hybridized carbons (Fsp3) is 0.581. The summed E-state index contributed by atoms with van der Waals surface area (Å²) in [6.07, 6.45) is 3.26. The van der Waals surface area contributed by atoms with E-state index in [1.165, 1.54) is 0 Å². The summed E-state index contributed by atoms with van der Waals surface area (Å²) in [6, 6.07) is 9.92. The molecule has 4 atom stereocenters. The number of aliphatic hydroxyl groups excluding tert-OH is 1. The smallest absolute Gasteiger partial charge is 0.192 e. The van der Waals surface area contributed by atoms with E-state index in [2.05, 4.69) is 61.2 Å². The highest BCUT2D eigenvalue weighted by molar-refractivity contribution is 6.74. The Morgan fingerprint density at radius 2 is 1.86 bits per heavy atom. The van der Waals surface area contributed by atoms with E-state index in [1.54, 1.807) is 13.0 Å². The van der Waals surface area contributed by atoms with Gasteiger partial charge in [0, 0.05) is 23.8 Å². The minimum atomic E-state index is -2.16. The van der Waals surface area contributed by atoms with Crippen LogP contribution in [0, 0.1) is 5.41 Å². The van der Waals surface area contributed by atoms with E-state index in [0.29, 0.717) is 12.0 Å². The molecule has 1 aliphatic carbocycles. The van der Waals surface area contributed by atoms with Crippen molar-refractivity contribution in [2.45, 2.75) is 104 Å². The Morgan fingerprint density at radius 3 is 2.41 bits per heavy atom. The molecule has 1 aromatic carbocycles. The van der Waals surface area contributed by atoms with E-state index >= 15 is 0 Å². The average Bonchev–Trinajstić information content (AvgIpc) is 3.18. The van der Waals surface area contributed by atoms with E-state index in [9.17, 15) is 9.90 Å². The van der Waals surface area contributed by atoms with E-state index in [0.717, 1.165) is 16.7 Å². The van der Waals surface area contributed by atoms with Crippen LogP contribution in [-0.4, -0.2) is 43.6 Å². The van der Waals surface area contributed by atoms with Crippen LogP contribution in [0.5, 0.6) is 0 Å². The Kier molecular flexibility index (Phi) is 8.62. The van der Waals surface area contributed by atoms with Crippen LogP contribution in [0.15, 0.2) is 65.8 Å². The first-order chi connectivity index (χ1) is 17.1. The molecule has 1 spiro atoms. The van der Waals surface area contributed by atoms with Crippen molar-refractivity contribution in [1.82, 2.24) is 0 Å².